The SMILES string of the molecule is N#Cc1cc(F)cc(COC2CCC(N)C2)c1. The van der Waals surface area contributed by atoms with Crippen LogP contribution >= 0.6 is 0 Å². The minimum absolute atomic E-state index is 0.166. The lowest BCUT2D eigenvalue weighted by atomic mass is 10.1. The summed E-state index contributed by atoms with van der Waals surface area (Å²) in [6.45, 7) is 0.337. The predicted molar refractivity (Wildman–Crippen MR) is 61.5 cm³/mol. The van der Waals surface area contributed by atoms with Crippen molar-refractivity contribution < 1.29 is 9.13 Å². The van der Waals surface area contributed by atoms with Crippen LogP contribution < -0.4 is 5.73 Å². The average molecular weight is 234 g/mol. The average Bonchev–Trinajstić information content (AvgIpc) is 2.72. The Morgan fingerprint density at radius 2 is 2.24 bits per heavy atom. The molecule has 2 N–H and O–H groups in total. The second-order valence-electron chi connectivity index (χ2n) is 4.47. The number of ether oxygens (including phenoxy) is 1. The van der Waals surface area contributed by atoms with E-state index in [1.165, 1.54) is 12.1 Å². The highest BCUT2D eigenvalue weighted by Crippen LogP contribution is 2.22. The molecular formula is C13H15FN2O. The van der Waals surface area contributed by atoms with Gasteiger partial charge in [-0.05, 0) is 43.0 Å². The van der Waals surface area contributed by atoms with Crippen LogP contribution in [0.2, 0.25) is 0 Å². The van der Waals surface area contributed by atoms with Gasteiger partial charge in [-0.2, -0.15) is 5.26 Å². The lowest BCUT2D eigenvalue weighted by molar-refractivity contribution is 0.0447. The van der Waals surface area contributed by atoms with Gasteiger partial charge in [-0.15, -0.1) is 0 Å². The first-order valence-corrected chi connectivity index (χ1v) is 5.74. The molecule has 1 aliphatic rings. The number of benzene rings is 1. The van der Waals surface area contributed by atoms with Gasteiger partial charge in [-0.25, -0.2) is 4.39 Å². The molecule has 1 saturated carbocycles. The third-order valence-electron chi connectivity index (χ3n) is 3.00. The largest absolute Gasteiger partial charge is 0.373 e. The van der Waals surface area contributed by atoms with Gasteiger partial charge in [0.25, 0.3) is 0 Å². The number of nitrogens with two attached hydrogens (primary N) is 1. The molecule has 0 amide bonds. The lowest BCUT2D eigenvalue weighted by Gasteiger charge is -2.11. The summed E-state index contributed by atoms with van der Waals surface area (Å²) in [5, 5.41) is 8.73. The van der Waals surface area contributed by atoms with E-state index in [0.717, 1.165) is 19.3 Å². The Morgan fingerprint density at radius 1 is 1.41 bits per heavy atom. The molecule has 4 heteroatoms. The fourth-order valence-corrected chi connectivity index (χ4v) is 2.14. The van der Waals surface area contributed by atoms with Crippen LogP contribution in [0.25, 0.3) is 0 Å². The van der Waals surface area contributed by atoms with Crippen molar-refractivity contribution in [3.8, 4) is 6.07 Å². The molecule has 2 rings (SSSR count). The van der Waals surface area contributed by atoms with E-state index in [4.69, 9.17) is 15.7 Å². The minimum Gasteiger partial charge on any atom is -0.373 e. The Labute approximate surface area is 100.0 Å². The fraction of sp³-hybridized carbons (Fsp3) is 0.462. The number of hydrogen-bond donors (Lipinski definition) is 1. The van der Waals surface area contributed by atoms with Crippen LogP contribution in [0, 0.1) is 17.1 Å². The lowest BCUT2D eigenvalue weighted by Crippen LogP contribution is -2.17. The highest BCUT2D eigenvalue weighted by molar-refractivity contribution is 5.33. The Balaban J connectivity index is 1.95. The topological polar surface area (TPSA) is 59.0 Å². The molecule has 1 aromatic rings. The minimum atomic E-state index is -0.397. The molecule has 0 saturated heterocycles. The van der Waals surface area contributed by atoms with E-state index in [-0.39, 0.29) is 12.1 Å². The first-order valence-electron chi connectivity index (χ1n) is 5.74. The Kier molecular flexibility index (Phi) is 3.72. The van der Waals surface area contributed by atoms with E-state index < -0.39 is 5.82 Å². The standard InChI is InChI=1S/C13H15FN2O/c14-11-4-9(7-15)3-10(5-11)8-17-13-2-1-12(16)6-13/h3-5,12-13H,1-2,6,8,16H2. The zero-order valence-corrected chi connectivity index (χ0v) is 9.53. The molecule has 0 bridgehead atoms. The molecule has 2 atom stereocenters. The molecule has 0 radical (unpaired) electrons. The van der Waals surface area contributed by atoms with Crippen LogP contribution in [-0.2, 0) is 11.3 Å². The summed E-state index contributed by atoms with van der Waals surface area (Å²) >= 11 is 0. The zero-order chi connectivity index (χ0) is 12.3. The van der Waals surface area contributed by atoms with Crippen molar-refractivity contribution in [2.75, 3.05) is 0 Å². The predicted octanol–water partition coefficient (Wildman–Crippen LogP) is 2.09. The monoisotopic (exact) mass is 234 g/mol. The van der Waals surface area contributed by atoms with Crippen molar-refractivity contribution in [3.63, 3.8) is 0 Å². The van der Waals surface area contributed by atoms with Crippen LogP contribution in [0.4, 0.5) is 4.39 Å². The number of rotatable bonds is 3. The summed E-state index contributed by atoms with van der Waals surface area (Å²) in [7, 11) is 0. The van der Waals surface area contributed by atoms with E-state index in [1.54, 1.807) is 6.07 Å². The van der Waals surface area contributed by atoms with Crippen molar-refractivity contribution in [1.82, 2.24) is 0 Å². The van der Waals surface area contributed by atoms with Gasteiger partial charge in [0, 0.05) is 6.04 Å². The maximum atomic E-state index is 13.2. The normalized spacial score (nSPS) is 23.6. The third kappa shape index (κ3) is 3.26. The second-order valence-corrected chi connectivity index (χ2v) is 4.47. The molecule has 1 fully saturated rings. The van der Waals surface area contributed by atoms with E-state index in [1.807, 2.05) is 6.07 Å². The number of nitriles is 1. The molecule has 0 aromatic heterocycles. The van der Waals surface area contributed by atoms with Gasteiger partial charge in [0.2, 0.25) is 0 Å². The highest BCUT2D eigenvalue weighted by Gasteiger charge is 2.22. The van der Waals surface area contributed by atoms with Gasteiger partial charge in [-0.1, -0.05) is 0 Å². The molecule has 3 nitrogen and oxygen atoms in total. The Morgan fingerprint density at radius 3 is 2.88 bits per heavy atom. The van der Waals surface area contributed by atoms with E-state index in [9.17, 15) is 4.39 Å². The van der Waals surface area contributed by atoms with Crippen molar-refractivity contribution in [3.05, 3.63) is 35.1 Å². The summed E-state index contributed by atoms with van der Waals surface area (Å²) in [6, 6.07) is 6.42. The summed E-state index contributed by atoms with van der Waals surface area (Å²) < 4.78 is 18.8. The molecule has 0 spiro atoms. The van der Waals surface area contributed by atoms with E-state index in [0.29, 0.717) is 17.7 Å². The zero-order valence-electron chi connectivity index (χ0n) is 9.53. The third-order valence-corrected chi connectivity index (χ3v) is 3.00. The van der Waals surface area contributed by atoms with Crippen molar-refractivity contribution in [2.45, 2.75) is 38.0 Å². The Hall–Kier alpha value is -1.44. The van der Waals surface area contributed by atoms with E-state index in [2.05, 4.69) is 0 Å². The maximum absolute atomic E-state index is 13.2. The summed E-state index contributed by atoms with van der Waals surface area (Å²) in [5.41, 5.74) is 6.80. The van der Waals surface area contributed by atoms with Crippen molar-refractivity contribution in [2.24, 2.45) is 5.73 Å². The fourth-order valence-electron chi connectivity index (χ4n) is 2.14. The van der Waals surface area contributed by atoms with Crippen molar-refractivity contribution >= 4 is 0 Å². The van der Waals surface area contributed by atoms with Gasteiger partial charge in [0.1, 0.15) is 5.82 Å². The Bertz CT molecular complexity index is 442. The second kappa shape index (κ2) is 5.26. The molecule has 1 aliphatic carbocycles. The highest BCUT2D eigenvalue weighted by atomic mass is 19.1. The van der Waals surface area contributed by atoms with Gasteiger partial charge in [-0.3, -0.25) is 0 Å². The summed E-state index contributed by atoms with van der Waals surface area (Å²) in [5.74, 6) is -0.397. The van der Waals surface area contributed by atoms with Gasteiger partial charge >= 0.3 is 0 Å². The number of hydrogen-bond acceptors (Lipinski definition) is 3. The van der Waals surface area contributed by atoms with Crippen LogP contribution in [0.1, 0.15) is 30.4 Å². The number of nitrogens with zero attached hydrogens (tertiary/aromatic N) is 1. The smallest absolute Gasteiger partial charge is 0.124 e. The van der Waals surface area contributed by atoms with Crippen LogP contribution in [0.5, 0.6) is 0 Å². The van der Waals surface area contributed by atoms with Gasteiger partial charge in [0.15, 0.2) is 0 Å². The van der Waals surface area contributed by atoms with Crippen LogP contribution in [0.3, 0.4) is 0 Å². The van der Waals surface area contributed by atoms with E-state index >= 15 is 0 Å². The van der Waals surface area contributed by atoms with Crippen LogP contribution in [-0.4, -0.2) is 12.1 Å². The molecule has 0 aliphatic heterocycles. The van der Waals surface area contributed by atoms with Crippen LogP contribution in [0.15, 0.2) is 18.2 Å². The molecule has 0 heterocycles. The first-order chi connectivity index (χ1) is 8.17. The quantitative estimate of drug-likeness (QED) is 0.871. The summed E-state index contributed by atoms with van der Waals surface area (Å²) in [6.07, 6.45) is 2.97. The summed E-state index contributed by atoms with van der Waals surface area (Å²) in [4.78, 5) is 0. The maximum Gasteiger partial charge on any atom is 0.124 e. The molecule has 1 aromatic carbocycles. The molecule has 2 unspecified atom stereocenters. The first kappa shape index (κ1) is 12.0. The number of halogens is 1. The van der Waals surface area contributed by atoms with Gasteiger partial charge < -0.3 is 10.5 Å². The molecular weight excluding hydrogens is 219 g/mol. The van der Waals surface area contributed by atoms with Crippen molar-refractivity contribution in [1.29, 1.82) is 5.26 Å². The van der Waals surface area contributed by atoms with Gasteiger partial charge in [0.05, 0.1) is 24.3 Å². The molecule has 90 valence electrons. The molecule has 17 heavy (non-hydrogen) atoms.